The van der Waals surface area contributed by atoms with Crippen LogP contribution < -0.4 is 5.32 Å². The van der Waals surface area contributed by atoms with E-state index in [-0.39, 0.29) is 12.1 Å². The first-order chi connectivity index (χ1) is 10.1. The SMILES string of the molecule is COCCOCCCCNCC(O)c1ccc(F)cc1F. The van der Waals surface area contributed by atoms with Crippen molar-refractivity contribution < 1.29 is 23.4 Å². The molecule has 0 bridgehead atoms. The van der Waals surface area contributed by atoms with Crippen LogP contribution in [0.15, 0.2) is 18.2 Å². The van der Waals surface area contributed by atoms with Crippen molar-refractivity contribution in [1.82, 2.24) is 5.32 Å². The van der Waals surface area contributed by atoms with Gasteiger partial charge in [0.1, 0.15) is 11.6 Å². The summed E-state index contributed by atoms with van der Waals surface area (Å²) >= 11 is 0. The first-order valence-corrected chi connectivity index (χ1v) is 7.05. The van der Waals surface area contributed by atoms with Gasteiger partial charge >= 0.3 is 0 Å². The summed E-state index contributed by atoms with van der Waals surface area (Å²) in [7, 11) is 1.63. The number of halogens is 2. The number of methoxy groups -OCH3 is 1. The first-order valence-electron chi connectivity index (χ1n) is 7.05. The molecule has 2 N–H and O–H groups in total. The zero-order chi connectivity index (χ0) is 15.5. The molecule has 21 heavy (non-hydrogen) atoms. The topological polar surface area (TPSA) is 50.7 Å². The summed E-state index contributed by atoms with van der Waals surface area (Å²) in [5.41, 5.74) is 0.104. The fraction of sp³-hybridized carbons (Fsp3) is 0.600. The smallest absolute Gasteiger partial charge is 0.131 e. The Morgan fingerprint density at radius 1 is 1.19 bits per heavy atom. The normalized spacial score (nSPS) is 12.6. The summed E-state index contributed by atoms with van der Waals surface area (Å²) in [5, 5.41) is 12.9. The molecule has 1 unspecified atom stereocenters. The van der Waals surface area contributed by atoms with E-state index in [0.29, 0.717) is 26.4 Å². The molecule has 0 amide bonds. The number of unbranched alkanes of at least 4 members (excludes halogenated alkanes) is 1. The van der Waals surface area contributed by atoms with Gasteiger partial charge in [0.25, 0.3) is 0 Å². The lowest BCUT2D eigenvalue weighted by atomic mass is 10.1. The molecule has 120 valence electrons. The number of nitrogens with one attached hydrogen (secondary N) is 1. The van der Waals surface area contributed by atoms with Gasteiger partial charge in [-0.05, 0) is 25.5 Å². The molecule has 0 aliphatic heterocycles. The van der Waals surface area contributed by atoms with Gasteiger partial charge in [-0.1, -0.05) is 6.07 Å². The zero-order valence-electron chi connectivity index (χ0n) is 12.3. The van der Waals surface area contributed by atoms with E-state index in [2.05, 4.69) is 5.32 Å². The monoisotopic (exact) mass is 303 g/mol. The van der Waals surface area contributed by atoms with Gasteiger partial charge in [0.2, 0.25) is 0 Å². The summed E-state index contributed by atoms with van der Waals surface area (Å²) in [5.74, 6) is -1.37. The Bertz CT molecular complexity index is 405. The molecule has 1 aromatic rings. The Hall–Kier alpha value is -1.08. The van der Waals surface area contributed by atoms with Gasteiger partial charge in [-0.2, -0.15) is 0 Å². The van der Waals surface area contributed by atoms with E-state index in [1.165, 1.54) is 6.07 Å². The summed E-state index contributed by atoms with van der Waals surface area (Å²) in [4.78, 5) is 0. The molecule has 1 rings (SSSR count). The third-order valence-electron chi connectivity index (χ3n) is 2.98. The van der Waals surface area contributed by atoms with Crippen molar-refractivity contribution in [3.05, 3.63) is 35.4 Å². The minimum absolute atomic E-state index is 0.104. The van der Waals surface area contributed by atoms with Crippen molar-refractivity contribution in [1.29, 1.82) is 0 Å². The predicted octanol–water partition coefficient (Wildman–Crippen LogP) is 2.03. The molecule has 1 aromatic carbocycles. The second-order valence-corrected chi connectivity index (χ2v) is 4.70. The van der Waals surface area contributed by atoms with Crippen molar-refractivity contribution >= 4 is 0 Å². The van der Waals surface area contributed by atoms with E-state index in [1.807, 2.05) is 0 Å². The number of hydrogen-bond donors (Lipinski definition) is 2. The highest BCUT2D eigenvalue weighted by Crippen LogP contribution is 2.17. The molecule has 0 spiro atoms. The van der Waals surface area contributed by atoms with Crippen LogP contribution >= 0.6 is 0 Å². The summed E-state index contributed by atoms with van der Waals surface area (Å²) in [6.45, 7) is 2.78. The highest BCUT2D eigenvalue weighted by molar-refractivity contribution is 5.21. The van der Waals surface area contributed by atoms with Gasteiger partial charge in [-0.15, -0.1) is 0 Å². The Labute approximate surface area is 124 Å². The lowest BCUT2D eigenvalue weighted by molar-refractivity contribution is 0.0687. The van der Waals surface area contributed by atoms with Crippen molar-refractivity contribution in [2.24, 2.45) is 0 Å². The average molecular weight is 303 g/mol. The van der Waals surface area contributed by atoms with Crippen LogP contribution in [0.4, 0.5) is 8.78 Å². The Kier molecular flexibility index (Phi) is 9.09. The van der Waals surface area contributed by atoms with Crippen molar-refractivity contribution in [3.8, 4) is 0 Å². The van der Waals surface area contributed by atoms with Crippen LogP contribution in [-0.4, -0.2) is 45.1 Å². The maximum atomic E-state index is 13.4. The van der Waals surface area contributed by atoms with E-state index in [9.17, 15) is 13.9 Å². The molecule has 0 heterocycles. The highest BCUT2D eigenvalue weighted by atomic mass is 19.1. The molecular formula is C15H23F2NO3. The third-order valence-corrected chi connectivity index (χ3v) is 2.98. The standard InChI is InChI=1S/C15H23F2NO3/c1-20-8-9-21-7-3-2-6-18-11-15(19)13-5-4-12(16)10-14(13)17/h4-5,10,15,18-19H,2-3,6-9,11H2,1H3. The number of ether oxygens (including phenoxy) is 2. The lowest BCUT2D eigenvalue weighted by Gasteiger charge is -2.13. The fourth-order valence-electron chi connectivity index (χ4n) is 1.82. The Balaban J connectivity index is 2.09. The average Bonchev–Trinajstić information content (AvgIpc) is 2.45. The minimum atomic E-state index is -0.983. The predicted molar refractivity (Wildman–Crippen MR) is 76.1 cm³/mol. The largest absolute Gasteiger partial charge is 0.387 e. The van der Waals surface area contributed by atoms with Gasteiger partial charge in [-0.25, -0.2) is 8.78 Å². The molecular weight excluding hydrogens is 280 g/mol. The van der Waals surface area contributed by atoms with Gasteiger partial charge in [0.15, 0.2) is 0 Å². The van der Waals surface area contributed by atoms with Crippen LogP contribution in [0.2, 0.25) is 0 Å². The van der Waals surface area contributed by atoms with Crippen LogP contribution in [0.3, 0.4) is 0 Å². The maximum Gasteiger partial charge on any atom is 0.131 e. The molecule has 0 saturated carbocycles. The van der Waals surface area contributed by atoms with Crippen LogP contribution in [0.1, 0.15) is 24.5 Å². The van der Waals surface area contributed by atoms with Crippen molar-refractivity contribution in [3.63, 3.8) is 0 Å². The number of rotatable bonds is 11. The summed E-state index contributed by atoms with van der Waals surface area (Å²) in [6, 6.07) is 3.18. The van der Waals surface area contributed by atoms with Crippen LogP contribution in [0.5, 0.6) is 0 Å². The van der Waals surface area contributed by atoms with E-state index in [1.54, 1.807) is 7.11 Å². The number of aliphatic hydroxyl groups is 1. The first kappa shape index (κ1) is 18.0. The molecule has 6 heteroatoms. The van der Waals surface area contributed by atoms with E-state index < -0.39 is 17.7 Å². The van der Waals surface area contributed by atoms with E-state index in [4.69, 9.17) is 9.47 Å². The molecule has 0 fully saturated rings. The fourth-order valence-corrected chi connectivity index (χ4v) is 1.82. The second-order valence-electron chi connectivity index (χ2n) is 4.70. The summed E-state index contributed by atoms with van der Waals surface area (Å²) < 4.78 is 36.3. The van der Waals surface area contributed by atoms with Gasteiger partial charge in [-0.3, -0.25) is 0 Å². The molecule has 1 atom stereocenters. The number of aliphatic hydroxyl groups excluding tert-OH is 1. The number of hydrogen-bond acceptors (Lipinski definition) is 4. The van der Waals surface area contributed by atoms with Gasteiger partial charge in [0, 0.05) is 31.9 Å². The maximum absolute atomic E-state index is 13.4. The lowest BCUT2D eigenvalue weighted by Crippen LogP contribution is -2.23. The Morgan fingerprint density at radius 2 is 2.00 bits per heavy atom. The minimum Gasteiger partial charge on any atom is -0.387 e. The van der Waals surface area contributed by atoms with Crippen molar-refractivity contribution in [2.75, 3.05) is 40.0 Å². The molecule has 0 saturated heterocycles. The molecule has 0 aliphatic rings. The zero-order valence-corrected chi connectivity index (χ0v) is 12.3. The van der Waals surface area contributed by atoms with Gasteiger partial charge in [0.05, 0.1) is 19.3 Å². The molecule has 0 aromatic heterocycles. The van der Waals surface area contributed by atoms with E-state index >= 15 is 0 Å². The van der Waals surface area contributed by atoms with E-state index in [0.717, 1.165) is 25.0 Å². The Morgan fingerprint density at radius 3 is 2.71 bits per heavy atom. The van der Waals surface area contributed by atoms with Crippen LogP contribution in [0, 0.1) is 11.6 Å². The van der Waals surface area contributed by atoms with Gasteiger partial charge < -0.3 is 19.9 Å². The van der Waals surface area contributed by atoms with Crippen LogP contribution in [0.25, 0.3) is 0 Å². The molecule has 0 radical (unpaired) electrons. The summed E-state index contributed by atoms with van der Waals surface area (Å²) in [6.07, 6.45) is 0.812. The quantitative estimate of drug-likeness (QED) is 0.614. The second kappa shape index (κ2) is 10.6. The van der Waals surface area contributed by atoms with Crippen molar-refractivity contribution in [2.45, 2.75) is 18.9 Å². The molecule has 4 nitrogen and oxygen atoms in total. The number of benzene rings is 1. The highest BCUT2D eigenvalue weighted by Gasteiger charge is 2.12. The molecule has 0 aliphatic carbocycles. The van der Waals surface area contributed by atoms with Crippen LogP contribution in [-0.2, 0) is 9.47 Å². The third kappa shape index (κ3) is 7.47.